The minimum Gasteiger partial charge on any atom is -0.351 e. The van der Waals surface area contributed by atoms with E-state index >= 15 is 0 Å². The van der Waals surface area contributed by atoms with Gasteiger partial charge in [0.15, 0.2) is 6.29 Å². The molecule has 0 aromatic heterocycles. The van der Waals surface area contributed by atoms with Crippen LogP contribution in [-0.4, -0.2) is 12.9 Å². The minimum atomic E-state index is -0.106. The number of hydrogen-bond donors (Lipinski definition) is 1. The Balaban J connectivity index is 2.01. The molecule has 0 spiro atoms. The van der Waals surface area contributed by atoms with Crippen molar-refractivity contribution in [3.8, 4) is 0 Å². The molecule has 0 saturated carbocycles. The van der Waals surface area contributed by atoms with Crippen LogP contribution in [0.1, 0.15) is 6.42 Å². The normalized spacial score (nSPS) is 32.5. The summed E-state index contributed by atoms with van der Waals surface area (Å²) in [6, 6.07) is 0. The van der Waals surface area contributed by atoms with Crippen molar-refractivity contribution in [2.75, 3.05) is 6.61 Å². The molecule has 0 amide bonds. The number of rotatable bonds is 1. The summed E-state index contributed by atoms with van der Waals surface area (Å²) in [4.78, 5) is 4.26. The van der Waals surface area contributed by atoms with Crippen LogP contribution < -0.4 is 5.90 Å². The molecule has 1 fully saturated rings. The maximum Gasteiger partial charge on any atom is 0.179 e. The Bertz CT molecular complexity index is 41.3. The summed E-state index contributed by atoms with van der Waals surface area (Å²) >= 11 is 0. The summed E-state index contributed by atoms with van der Waals surface area (Å²) in [5.74, 6) is 4.71. The molecule has 1 rings (SSSR count). The second-order valence-corrected chi connectivity index (χ2v) is 1.23. The van der Waals surface area contributed by atoms with E-state index in [0.29, 0.717) is 0 Å². The molecule has 0 aromatic carbocycles. The maximum absolute atomic E-state index is 4.73. The van der Waals surface area contributed by atoms with Crippen molar-refractivity contribution in [3.05, 3.63) is 0 Å². The maximum atomic E-state index is 4.73. The van der Waals surface area contributed by atoms with Gasteiger partial charge in [-0.3, -0.25) is 4.84 Å². The monoisotopic (exact) mass is 89.0 g/mol. The van der Waals surface area contributed by atoms with Crippen molar-refractivity contribution in [3.63, 3.8) is 0 Å². The van der Waals surface area contributed by atoms with Crippen LogP contribution >= 0.6 is 0 Å². The van der Waals surface area contributed by atoms with Crippen molar-refractivity contribution in [1.82, 2.24) is 0 Å². The SMILES string of the molecule is NOC1CCO1. The molecule has 1 atom stereocenters. The van der Waals surface area contributed by atoms with E-state index in [-0.39, 0.29) is 6.29 Å². The lowest BCUT2D eigenvalue weighted by atomic mass is 10.4. The Kier molecular flexibility index (Phi) is 1.05. The van der Waals surface area contributed by atoms with Gasteiger partial charge in [-0.1, -0.05) is 0 Å². The van der Waals surface area contributed by atoms with Crippen LogP contribution in [0.25, 0.3) is 0 Å². The highest BCUT2D eigenvalue weighted by atomic mass is 16.8. The number of ether oxygens (including phenoxy) is 1. The first-order chi connectivity index (χ1) is 2.93. The van der Waals surface area contributed by atoms with E-state index in [4.69, 9.17) is 10.6 Å². The minimum absolute atomic E-state index is 0.106. The lowest BCUT2D eigenvalue weighted by Crippen LogP contribution is -2.31. The zero-order valence-electron chi connectivity index (χ0n) is 3.39. The van der Waals surface area contributed by atoms with Gasteiger partial charge in [-0.05, 0) is 0 Å². The molecule has 0 aliphatic carbocycles. The van der Waals surface area contributed by atoms with Gasteiger partial charge in [0.25, 0.3) is 0 Å². The summed E-state index contributed by atoms with van der Waals surface area (Å²) < 4.78 is 4.73. The van der Waals surface area contributed by atoms with Gasteiger partial charge in [0.05, 0.1) is 6.61 Å². The van der Waals surface area contributed by atoms with Crippen molar-refractivity contribution < 1.29 is 9.57 Å². The van der Waals surface area contributed by atoms with Gasteiger partial charge in [-0.2, -0.15) is 0 Å². The lowest BCUT2D eigenvalue weighted by molar-refractivity contribution is -0.217. The highest BCUT2D eigenvalue weighted by molar-refractivity contribution is 4.51. The van der Waals surface area contributed by atoms with Gasteiger partial charge in [0, 0.05) is 6.42 Å². The molecule has 3 nitrogen and oxygen atoms in total. The van der Waals surface area contributed by atoms with E-state index in [1.165, 1.54) is 0 Å². The highest BCUT2D eigenvalue weighted by Crippen LogP contribution is 2.08. The third-order valence-electron chi connectivity index (χ3n) is 0.809. The van der Waals surface area contributed by atoms with E-state index in [0.717, 1.165) is 13.0 Å². The Morgan fingerprint density at radius 1 is 1.83 bits per heavy atom. The quantitative estimate of drug-likeness (QED) is 0.445. The van der Waals surface area contributed by atoms with E-state index in [1.54, 1.807) is 0 Å². The standard InChI is InChI=1S/C3H7NO2/c4-6-3-1-2-5-3/h3H,1-2,4H2. The molecular formula is C3H7NO2. The third-order valence-corrected chi connectivity index (χ3v) is 0.809. The Hall–Kier alpha value is -0.120. The topological polar surface area (TPSA) is 44.5 Å². The first kappa shape index (κ1) is 4.05. The predicted molar refractivity (Wildman–Crippen MR) is 19.6 cm³/mol. The fourth-order valence-electron chi connectivity index (χ4n) is 0.321. The second-order valence-electron chi connectivity index (χ2n) is 1.23. The molecular weight excluding hydrogens is 82.0 g/mol. The molecule has 0 bridgehead atoms. The van der Waals surface area contributed by atoms with E-state index in [1.807, 2.05) is 0 Å². The number of hydrogen-bond acceptors (Lipinski definition) is 3. The molecule has 3 heteroatoms. The first-order valence-corrected chi connectivity index (χ1v) is 1.90. The molecule has 36 valence electrons. The van der Waals surface area contributed by atoms with Crippen LogP contribution in [0.15, 0.2) is 0 Å². The second kappa shape index (κ2) is 1.55. The van der Waals surface area contributed by atoms with Crippen LogP contribution in [0.5, 0.6) is 0 Å². The van der Waals surface area contributed by atoms with Gasteiger partial charge < -0.3 is 4.74 Å². The third kappa shape index (κ3) is 0.518. The Morgan fingerprint density at radius 3 is 2.50 bits per heavy atom. The van der Waals surface area contributed by atoms with Crippen molar-refractivity contribution in [2.45, 2.75) is 12.7 Å². The summed E-state index contributed by atoms with van der Waals surface area (Å²) in [6.07, 6.45) is 0.834. The van der Waals surface area contributed by atoms with E-state index in [2.05, 4.69) is 4.84 Å². The van der Waals surface area contributed by atoms with E-state index in [9.17, 15) is 0 Å². The lowest BCUT2D eigenvalue weighted by Gasteiger charge is -2.22. The van der Waals surface area contributed by atoms with Gasteiger partial charge >= 0.3 is 0 Å². The van der Waals surface area contributed by atoms with Crippen molar-refractivity contribution >= 4 is 0 Å². The van der Waals surface area contributed by atoms with Crippen molar-refractivity contribution in [2.24, 2.45) is 5.90 Å². The average molecular weight is 89.1 g/mol. The van der Waals surface area contributed by atoms with Gasteiger partial charge in [-0.15, -0.1) is 0 Å². The first-order valence-electron chi connectivity index (χ1n) is 1.90. The van der Waals surface area contributed by atoms with Crippen LogP contribution in [-0.2, 0) is 9.57 Å². The van der Waals surface area contributed by atoms with Crippen LogP contribution in [0.4, 0.5) is 0 Å². The predicted octanol–water partition coefficient (Wildman–Crippen LogP) is -0.377. The van der Waals surface area contributed by atoms with E-state index < -0.39 is 0 Å². The van der Waals surface area contributed by atoms with Crippen LogP contribution in [0.2, 0.25) is 0 Å². The smallest absolute Gasteiger partial charge is 0.179 e. The molecule has 2 N–H and O–H groups in total. The highest BCUT2D eigenvalue weighted by Gasteiger charge is 2.16. The van der Waals surface area contributed by atoms with Crippen molar-refractivity contribution in [1.29, 1.82) is 0 Å². The molecule has 0 aromatic rings. The molecule has 1 aliphatic rings. The zero-order chi connectivity index (χ0) is 4.41. The molecule has 1 saturated heterocycles. The zero-order valence-corrected chi connectivity index (χ0v) is 3.39. The Labute approximate surface area is 36.0 Å². The Morgan fingerprint density at radius 2 is 2.50 bits per heavy atom. The molecule has 1 unspecified atom stereocenters. The summed E-state index contributed by atoms with van der Waals surface area (Å²) in [5, 5.41) is 0. The molecule has 1 heterocycles. The fraction of sp³-hybridized carbons (Fsp3) is 1.00. The average Bonchev–Trinajstić information content (AvgIpc) is 1.31. The molecule has 1 aliphatic heterocycles. The molecule has 0 radical (unpaired) electrons. The fourth-order valence-corrected chi connectivity index (χ4v) is 0.321. The largest absolute Gasteiger partial charge is 0.351 e. The summed E-state index contributed by atoms with van der Waals surface area (Å²) in [6.45, 7) is 0.794. The van der Waals surface area contributed by atoms with Gasteiger partial charge in [0.1, 0.15) is 0 Å². The summed E-state index contributed by atoms with van der Waals surface area (Å²) in [7, 11) is 0. The van der Waals surface area contributed by atoms with Crippen LogP contribution in [0, 0.1) is 0 Å². The summed E-state index contributed by atoms with van der Waals surface area (Å²) in [5.41, 5.74) is 0. The van der Waals surface area contributed by atoms with Crippen LogP contribution in [0.3, 0.4) is 0 Å². The molecule has 6 heavy (non-hydrogen) atoms. The van der Waals surface area contributed by atoms with Gasteiger partial charge in [0.2, 0.25) is 0 Å². The number of nitrogens with two attached hydrogens (primary N) is 1. The van der Waals surface area contributed by atoms with Gasteiger partial charge in [-0.25, -0.2) is 5.90 Å².